The minimum atomic E-state index is -0.774. The summed E-state index contributed by atoms with van der Waals surface area (Å²) < 4.78 is 7.17. The first-order valence-electron chi connectivity index (χ1n) is 9.34. The summed E-state index contributed by atoms with van der Waals surface area (Å²) in [7, 11) is 1.61. The molecule has 6 nitrogen and oxygen atoms in total. The predicted molar refractivity (Wildman–Crippen MR) is 105 cm³/mol. The highest BCUT2D eigenvalue weighted by molar-refractivity contribution is 5.92. The van der Waals surface area contributed by atoms with Gasteiger partial charge in [0, 0.05) is 24.5 Å². The summed E-state index contributed by atoms with van der Waals surface area (Å²) in [5.74, 6) is 0.661. The lowest BCUT2D eigenvalue weighted by atomic mass is 9.93. The van der Waals surface area contributed by atoms with Crippen molar-refractivity contribution in [3.8, 4) is 11.4 Å². The third kappa shape index (κ3) is 3.39. The molecule has 1 unspecified atom stereocenters. The van der Waals surface area contributed by atoms with E-state index in [4.69, 9.17) is 4.74 Å². The fourth-order valence-electron chi connectivity index (χ4n) is 3.53. The Kier molecular flexibility index (Phi) is 4.88. The molecule has 0 aliphatic heterocycles. The number of para-hydroxylation sites is 1. The van der Waals surface area contributed by atoms with E-state index >= 15 is 0 Å². The van der Waals surface area contributed by atoms with E-state index in [9.17, 15) is 9.90 Å². The van der Waals surface area contributed by atoms with Gasteiger partial charge in [-0.25, -0.2) is 4.68 Å². The molecular formula is C22H23N3O3. The van der Waals surface area contributed by atoms with E-state index in [1.807, 2.05) is 60.8 Å². The summed E-state index contributed by atoms with van der Waals surface area (Å²) in [6.07, 6.45) is 4.37. The number of nitrogens with one attached hydrogen (secondary N) is 1. The van der Waals surface area contributed by atoms with Crippen molar-refractivity contribution in [2.75, 3.05) is 13.7 Å². The number of methoxy groups -OCH3 is 1. The van der Waals surface area contributed by atoms with Gasteiger partial charge in [0.05, 0.1) is 24.3 Å². The quantitative estimate of drug-likeness (QED) is 0.664. The van der Waals surface area contributed by atoms with Crippen molar-refractivity contribution < 1.29 is 14.6 Å². The van der Waals surface area contributed by atoms with E-state index < -0.39 is 11.5 Å². The van der Waals surface area contributed by atoms with E-state index in [1.54, 1.807) is 18.0 Å². The summed E-state index contributed by atoms with van der Waals surface area (Å²) >= 11 is 0. The van der Waals surface area contributed by atoms with E-state index in [-0.39, 0.29) is 12.5 Å². The Morgan fingerprint density at radius 3 is 2.61 bits per heavy atom. The Hall–Kier alpha value is -3.12. The maximum atomic E-state index is 12.9. The topological polar surface area (TPSA) is 76.4 Å². The summed E-state index contributed by atoms with van der Waals surface area (Å²) in [5, 5.41) is 17.6. The number of carbonyl (C=O) groups excluding carboxylic acids is 1. The van der Waals surface area contributed by atoms with Gasteiger partial charge in [0.25, 0.3) is 0 Å². The first-order valence-corrected chi connectivity index (χ1v) is 9.34. The number of rotatable bonds is 7. The van der Waals surface area contributed by atoms with Gasteiger partial charge in [0.1, 0.15) is 5.75 Å². The van der Waals surface area contributed by atoms with Crippen LogP contribution in [0.15, 0.2) is 67.0 Å². The largest absolute Gasteiger partial charge is 0.496 e. The van der Waals surface area contributed by atoms with Crippen molar-refractivity contribution in [3.63, 3.8) is 0 Å². The Labute approximate surface area is 163 Å². The van der Waals surface area contributed by atoms with E-state index in [2.05, 4.69) is 10.4 Å². The third-order valence-corrected chi connectivity index (χ3v) is 5.31. The molecule has 1 atom stereocenters. The van der Waals surface area contributed by atoms with E-state index in [0.717, 1.165) is 35.4 Å². The van der Waals surface area contributed by atoms with E-state index in [0.29, 0.717) is 0 Å². The van der Waals surface area contributed by atoms with Gasteiger partial charge in [0.15, 0.2) is 0 Å². The fourth-order valence-corrected chi connectivity index (χ4v) is 3.53. The second kappa shape index (κ2) is 7.48. The zero-order valence-electron chi connectivity index (χ0n) is 15.7. The highest BCUT2D eigenvalue weighted by Gasteiger charge is 2.52. The fraction of sp³-hybridized carbons (Fsp3) is 0.273. The monoisotopic (exact) mass is 377 g/mol. The van der Waals surface area contributed by atoms with E-state index in [1.165, 1.54) is 0 Å². The number of aliphatic hydroxyl groups is 1. The third-order valence-electron chi connectivity index (χ3n) is 5.31. The standard InChI is InChI=1S/C22H23N3O3/c1-28-20-6-3-2-5-18(20)22(11-12-22)21(27)23-15-19(26)16-7-9-17(10-8-16)25-14-4-13-24-25/h2-10,13-14,19,26H,11-12,15H2,1H3,(H,23,27). The van der Waals surface area contributed by atoms with Gasteiger partial charge in [-0.1, -0.05) is 30.3 Å². The predicted octanol–water partition coefficient (Wildman–Crippen LogP) is 2.76. The second-order valence-corrected chi connectivity index (χ2v) is 7.05. The summed E-state index contributed by atoms with van der Waals surface area (Å²) in [4.78, 5) is 12.9. The first-order chi connectivity index (χ1) is 13.6. The molecule has 144 valence electrons. The van der Waals surface area contributed by atoms with Crippen LogP contribution in [0.5, 0.6) is 5.75 Å². The van der Waals surface area contributed by atoms with Gasteiger partial charge in [-0.3, -0.25) is 4.79 Å². The summed E-state index contributed by atoms with van der Waals surface area (Å²) in [6.45, 7) is 0.164. The number of aliphatic hydroxyl groups excluding tert-OH is 1. The maximum absolute atomic E-state index is 12.9. The van der Waals surface area contributed by atoms with Crippen LogP contribution in [0.1, 0.15) is 30.1 Å². The molecule has 0 bridgehead atoms. The molecular weight excluding hydrogens is 354 g/mol. The molecule has 1 saturated carbocycles. The highest BCUT2D eigenvalue weighted by atomic mass is 16.5. The first kappa shape index (κ1) is 18.3. The lowest BCUT2D eigenvalue weighted by molar-refractivity contribution is -0.124. The molecule has 1 aliphatic carbocycles. The summed E-state index contributed by atoms with van der Waals surface area (Å²) in [6, 6.07) is 17.0. The number of amides is 1. The Balaban J connectivity index is 1.41. The van der Waals surface area contributed by atoms with Crippen LogP contribution in [0.25, 0.3) is 5.69 Å². The Morgan fingerprint density at radius 2 is 1.96 bits per heavy atom. The molecule has 28 heavy (non-hydrogen) atoms. The van der Waals surface area contributed by atoms with Crippen molar-refractivity contribution in [1.82, 2.24) is 15.1 Å². The molecule has 1 heterocycles. The number of benzene rings is 2. The molecule has 4 rings (SSSR count). The molecule has 0 saturated heterocycles. The van der Waals surface area contributed by atoms with Crippen LogP contribution in [0.2, 0.25) is 0 Å². The number of carbonyl (C=O) groups is 1. The van der Waals surface area contributed by atoms with Gasteiger partial charge in [-0.2, -0.15) is 5.10 Å². The molecule has 3 aromatic rings. The lowest BCUT2D eigenvalue weighted by Crippen LogP contribution is -2.37. The number of aromatic nitrogens is 2. The minimum Gasteiger partial charge on any atom is -0.496 e. The summed E-state index contributed by atoms with van der Waals surface area (Å²) in [5.41, 5.74) is 2.03. The van der Waals surface area contributed by atoms with Gasteiger partial charge in [0.2, 0.25) is 5.91 Å². The maximum Gasteiger partial charge on any atom is 0.230 e. The molecule has 1 fully saturated rings. The van der Waals surface area contributed by atoms with Gasteiger partial charge in [-0.05, 0) is 42.7 Å². The van der Waals surface area contributed by atoms with Crippen LogP contribution in [0.4, 0.5) is 0 Å². The van der Waals surface area contributed by atoms with Gasteiger partial charge >= 0.3 is 0 Å². The number of hydrogen-bond donors (Lipinski definition) is 2. The lowest BCUT2D eigenvalue weighted by Gasteiger charge is -2.20. The van der Waals surface area contributed by atoms with Crippen LogP contribution in [-0.2, 0) is 10.2 Å². The molecule has 0 spiro atoms. The van der Waals surface area contributed by atoms with Crippen molar-refractivity contribution in [3.05, 3.63) is 78.1 Å². The molecule has 1 aromatic heterocycles. The number of hydrogen-bond acceptors (Lipinski definition) is 4. The number of ether oxygens (including phenoxy) is 1. The normalized spacial score (nSPS) is 15.6. The second-order valence-electron chi connectivity index (χ2n) is 7.05. The Bertz CT molecular complexity index is 947. The molecule has 1 aliphatic rings. The zero-order valence-corrected chi connectivity index (χ0v) is 15.7. The van der Waals surface area contributed by atoms with Gasteiger partial charge < -0.3 is 15.2 Å². The van der Waals surface area contributed by atoms with Crippen molar-refractivity contribution >= 4 is 5.91 Å². The SMILES string of the molecule is COc1ccccc1C1(C(=O)NCC(O)c2ccc(-n3cccn3)cc2)CC1. The molecule has 2 aromatic carbocycles. The molecule has 6 heteroatoms. The molecule has 0 radical (unpaired) electrons. The van der Waals surface area contributed by atoms with Crippen LogP contribution in [0, 0.1) is 0 Å². The zero-order chi connectivity index (χ0) is 19.6. The highest BCUT2D eigenvalue weighted by Crippen LogP contribution is 2.51. The average Bonchev–Trinajstić information content (AvgIpc) is 3.37. The smallest absolute Gasteiger partial charge is 0.230 e. The average molecular weight is 377 g/mol. The van der Waals surface area contributed by atoms with Crippen molar-refractivity contribution in [2.24, 2.45) is 0 Å². The van der Waals surface area contributed by atoms with Crippen LogP contribution in [0.3, 0.4) is 0 Å². The van der Waals surface area contributed by atoms with Crippen LogP contribution < -0.4 is 10.1 Å². The van der Waals surface area contributed by atoms with Crippen LogP contribution in [-0.4, -0.2) is 34.4 Å². The molecule has 2 N–H and O–H groups in total. The number of nitrogens with zero attached hydrogens (tertiary/aromatic N) is 2. The van der Waals surface area contributed by atoms with Crippen molar-refractivity contribution in [2.45, 2.75) is 24.4 Å². The minimum absolute atomic E-state index is 0.0655. The van der Waals surface area contributed by atoms with Gasteiger partial charge in [-0.15, -0.1) is 0 Å². The van der Waals surface area contributed by atoms with Crippen molar-refractivity contribution in [1.29, 1.82) is 0 Å². The van der Waals surface area contributed by atoms with Crippen LogP contribution >= 0.6 is 0 Å². The molecule has 1 amide bonds. The Morgan fingerprint density at radius 1 is 1.21 bits per heavy atom.